The molecule has 0 radical (unpaired) electrons. The van der Waals surface area contributed by atoms with E-state index < -0.39 is 0 Å². The summed E-state index contributed by atoms with van der Waals surface area (Å²) in [6.07, 6.45) is 7.46. The van der Waals surface area contributed by atoms with E-state index in [1.807, 2.05) is 0 Å². The normalized spacial score (nSPS) is 33.9. The first kappa shape index (κ1) is 12.5. The topological polar surface area (TPSA) is 23.6 Å². The number of amides is 1. The molecule has 2 saturated heterocycles. The molecule has 3 aliphatic rings. The monoisotopic (exact) mass is 250 g/mol. The quantitative estimate of drug-likeness (QED) is 0.748. The molecule has 1 aliphatic carbocycles. The van der Waals surface area contributed by atoms with Crippen LogP contribution in [0.4, 0.5) is 0 Å². The summed E-state index contributed by atoms with van der Waals surface area (Å²) in [7, 11) is 2.20. The Bertz CT molecular complexity index is 298. The van der Waals surface area contributed by atoms with Gasteiger partial charge in [-0.25, -0.2) is 0 Å². The van der Waals surface area contributed by atoms with Crippen LogP contribution in [0.3, 0.4) is 0 Å². The summed E-state index contributed by atoms with van der Waals surface area (Å²) >= 11 is 0. The van der Waals surface area contributed by atoms with Crippen LogP contribution >= 0.6 is 0 Å². The number of hydrogen-bond acceptors (Lipinski definition) is 2. The number of nitrogens with zero attached hydrogens (tertiary/aromatic N) is 2. The Morgan fingerprint density at radius 3 is 2.22 bits per heavy atom. The molecule has 3 heteroatoms. The van der Waals surface area contributed by atoms with Gasteiger partial charge in [-0.3, -0.25) is 4.79 Å². The maximum atomic E-state index is 12.3. The molecule has 2 unspecified atom stereocenters. The highest BCUT2D eigenvalue weighted by Crippen LogP contribution is 2.32. The summed E-state index contributed by atoms with van der Waals surface area (Å²) in [5.74, 6) is 2.64. The van der Waals surface area contributed by atoms with Gasteiger partial charge in [-0.15, -0.1) is 0 Å². The molecule has 102 valence electrons. The first-order valence-electron chi connectivity index (χ1n) is 7.68. The summed E-state index contributed by atoms with van der Waals surface area (Å²) in [6.45, 7) is 4.44. The fourth-order valence-electron chi connectivity index (χ4n) is 4.20. The molecule has 3 rings (SSSR count). The number of rotatable bonds is 2. The molecule has 18 heavy (non-hydrogen) atoms. The van der Waals surface area contributed by atoms with Crippen molar-refractivity contribution in [2.75, 3.05) is 33.2 Å². The molecule has 0 N–H and O–H groups in total. The lowest BCUT2D eigenvalue weighted by atomic mass is 9.87. The third-order valence-corrected chi connectivity index (χ3v) is 5.21. The van der Waals surface area contributed by atoms with Crippen LogP contribution in [0.15, 0.2) is 0 Å². The van der Waals surface area contributed by atoms with Crippen molar-refractivity contribution in [3.8, 4) is 0 Å². The van der Waals surface area contributed by atoms with Crippen LogP contribution < -0.4 is 0 Å². The molecule has 1 saturated carbocycles. The van der Waals surface area contributed by atoms with Gasteiger partial charge in [0.05, 0.1) is 0 Å². The first-order valence-corrected chi connectivity index (χ1v) is 7.68. The van der Waals surface area contributed by atoms with Gasteiger partial charge in [0.15, 0.2) is 0 Å². The van der Waals surface area contributed by atoms with Crippen molar-refractivity contribution in [1.82, 2.24) is 9.80 Å². The first-order chi connectivity index (χ1) is 8.72. The highest BCUT2D eigenvalue weighted by Gasteiger charge is 2.40. The fourth-order valence-corrected chi connectivity index (χ4v) is 4.20. The Labute approximate surface area is 111 Å². The molecule has 0 spiro atoms. The highest BCUT2D eigenvalue weighted by atomic mass is 16.2. The minimum atomic E-state index is 0.443. The van der Waals surface area contributed by atoms with Crippen LogP contribution in [0.2, 0.25) is 0 Å². The van der Waals surface area contributed by atoms with Gasteiger partial charge in [0.25, 0.3) is 0 Å². The van der Waals surface area contributed by atoms with Crippen molar-refractivity contribution in [1.29, 1.82) is 0 Å². The number of hydrogen-bond donors (Lipinski definition) is 0. The predicted octanol–water partition coefficient (Wildman–Crippen LogP) is 1.98. The van der Waals surface area contributed by atoms with Gasteiger partial charge in [0, 0.05) is 32.6 Å². The second kappa shape index (κ2) is 5.20. The van der Waals surface area contributed by atoms with Crippen molar-refractivity contribution in [3.63, 3.8) is 0 Å². The summed E-state index contributed by atoms with van der Waals surface area (Å²) in [6, 6.07) is 0. The molecule has 0 bridgehead atoms. The van der Waals surface area contributed by atoms with Crippen molar-refractivity contribution in [2.24, 2.45) is 17.8 Å². The second-order valence-electron chi connectivity index (χ2n) is 6.75. The van der Waals surface area contributed by atoms with Crippen molar-refractivity contribution in [2.45, 2.75) is 38.5 Å². The third kappa shape index (κ3) is 2.56. The van der Waals surface area contributed by atoms with E-state index >= 15 is 0 Å². The summed E-state index contributed by atoms with van der Waals surface area (Å²) < 4.78 is 0. The van der Waals surface area contributed by atoms with Gasteiger partial charge in [-0.2, -0.15) is 0 Å². The highest BCUT2D eigenvalue weighted by molar-refractivity contribution is 5.76. The molecule has 2 heterocycles. The van der Waals surface area contributed by atoms with Crippen LogP contribution in [0.1, 0.15) is 38.5 Å². The number of carbonyl (C=O) groups is 1. The maximum absolute atomic E-state index is 12.3. The average Bonchev–Trinajstić information content (AvgIpc) is 2.87. The molecular weight excluding hydrogens is 224 g/mol. The maximum Gasteiger partial charge on any atom is 0.222 e. The zero-order chi connectivity index (χ0) is 12.5. The Balaban J connectivity index is 1.49. The summed E-state index contributed by atoms with van der Waals surface area (Å²) in [5.41, 5.74) is 0. The van der Waals surface area contributed by atoms with E-state index in [1.165, 1.54) is 45.2 Å². The minimum absolute atomic E-state index is 0.443. The molecule has 2 aliphatic heterocycles. The Hall–Kier alpha value is -0.570. The van der Waals surface area contributed by atoms with Crippen LogP contribution in [-0.2, 0) is 4.79 Å². The predicted molar refractivity (Wildman–Crippen MR) is 72.2 cm³/mol. The van der Waals surface area contributed by atoms with E-state index in [-0.39, 0.29) is 0 Å². The number of likely N-dealkylation sites (tertiary alicyclic amines) is 2. The third-order valence-electron chi connectivity index (χ3n) is 5.21. The molecule has 0 aromatic carbocycles. The van der Waals surface area contributed by atoms with Gasteiger partial charge in [0.1, 0.15) is 0 Å². The zero-order valence-electron chi connectivity index (χ0n) is 11.6. The zero-order valence-corrected chi connectivity index (χ0v) is 11.6. The van der Waals surface area contributed by atoms with Crippen molar-refractivity contribution < 1.29 is 4.79 Å². The van der Waals surface area contributed by atoms with Crippen LogP contribution in [0, 0.1) is 17.8 Å². The van der Waals surface area contributed by atoms with Gasteiger partial charge < -0.3 is 9.80 Å². The van der Waals surface area contributed by atoms with Gasteiger partial charge in [-0.1, -0.05) is 19.3 Å². The Kier molecular flexibility index (Phi) is 3.60. The van der Waals surface area contributed by atoms with E-state index in [0.29, 0.717) is 11.8 Å². The van der Waals surface area contributed by atoms with Gasteiger partial charge >= 0.3 is 0 Å². The van der Waals surface area contributed by atoms with E-state index in [1.54, 1.807) is 0 Å². The lowest BCUT2D eigenvalue weighted by molar-refractivity contribution is -0.131. The standard InChI is InChI=1S/C15H26N2O/c1-16-8-13-10-17(11-14(13)9-16)15(18)7-12-5-3-2-4-6-12/h12-14H,2-11H2,1H3. The molecule has 3 fully saturated rings. The molecule has 0 aromatic heterocycles. The number of fused-ring (bicyclic) bond motifs is 1. The average molecular weight is 250 g/mol. The van der Waals surface area contributed by atoms with E-state index in [2.05, 4.69) is 16.8 Å². The van der Waals surface area contributed by atoms with Crippen LogP contribution in [-0.4, -0.2) is 48.9 Å². The SMILES string of the molecule is CN1CC2CN(C(=O)CC3CCCCC3)CC2C1. The Morgan fingerprint density at radius 1 is 1.00 bits per heavy atom. The second-order valence-corrected chi connectivity index (χ2v) is 6.75. The van der Waals surface area contributed by atoms with Crippen LogP contribution in [0.5, 0.6) is 0 Å². The molecule has 3 nitrogen and oxygen atoms in total. The number of carbonyl (C=O) groups excluding carboxylic acids is 1. The van der Waals surface area contributed by atoms with Gasteiger partial charge in [-0.05, 0) is 37.6 Å². The minimum Gasteiger partial charge on any atom is -0.342 e. The van der Waals surface area contributed by atoms with E-state index in [0.717, 1.165) is 31.3 Å². The van der Waals surface area contributed by atoms with Crippen molar-refractivity contribution >= 4 is 5.91 Å². The summed E-state index contributed by atoms with van der Waals surface area (Å²) in [5, 5.41) is 0. The summed E-state index contributed by atoms with van der Waals surface area (Å²) in [4.78, 5) is 16.9. The molecular formula is C15H26N2O. The van der Waals surface area contributed by atoms with Gasteiger partial charge in [0.2, 0.25) is 5.91 Å². The molecule has 2 atom stereocenters. The lowest BCUT2D eigenvalue weighted by Crippen LogP contribution is -2.33. The molecule has 1 amide bonds. The van der Waals surface area contributed by atoms with Crippen LogP contribution in [0.25, 0.3) is 0 Å². The fraction of sp³-hybridized carbons (Fsp3) is 0.933. The van der Waals surface area contributed by atoms with E-state index in [9.17, 15) is 4.79 Å². The van der Waals surface area contributed by atoms with E-state index in [4.69, 9.17) is 0 Å². The molecule has 0 aromatic rings. The lowest BCUT2D eigenvalue weighted by Gasteiger charge is -2.25. The smallest absolute Gasteiger partial charge is 0.222 e. The van der Waals surface area contributed by atoms with Crippen molar-refractivity contribution in [3.05, 3.63) is 0 Å². The Morgan fingerprint density at radius 2 is 1.61 bits per heavy atom. The largest absolute Gasteiger partial charge is 0.342 e.